The van der Waals surface area contributed by atoms with Crippen LogP contribution in [0.4, 0.5) is 0 Å². The Morgan fingerprint density at radius 2 is 1.69 bits per heavy atom. The summed E-state index contributed by atoms with van der Waals surface area (Å²) in [5, 5.41) is 23.4. The molecule has 0 spiro atoms. The SMILES string of the molecule is CC(C)CC(N)C(=O)NC(CCC(=O)O)C(=O)N1CCCC1C(=O)NC(C(=O)O)C(C)C. The van der Waals surface area contributed by atoms with E-state index in [4.69, 9.17) is 10.8 Å². The van der Waals surface area contributed by atoms with Crippen molar-refractivity contribution in [2.75, 3.05) is 6.54 Å². The number of hydrogen-bond acceptors (Lipinski definition) is 6. The number of hydrogen-bond donors (Lipinski definition) is 5. The van der Waals surface area contributed by atoms with Gasteiger partial charge in [0.15, 0.2) is 0 Å². The van der Waals surface area contributed by atoms with Gasteiger partial charge in [-0.15, -0.1) is 0 Å². The number of nitrogens with two attached hydrogens (primary N) is 1. The Morgan fingerprint density at radius 3 is 2.19 bits per heavy atom. The van der Waals surface area contributed by atoms with Crippen molar-refractivity contribution in [3.63, 3.8) is 0 Å². The lowest BCUT2D eigenvalue weighted by atomic mass is 10.0. The van der Waals surface area contributed by atoms with Crippen LogP contribution in [0.5, 0.6) is 0 Å². The van der Waals surface area contributed by atoms with Crippen LogP contribution in [0.3, 0.4) is 0 Å². The first-order valence-corrected chi connectivity index (χ1v) is 11.0. The molecule has 182 valence electrons. The molecule has 4 unspecified atom stereocenters. The fraction of sp³-hybridized carbons (Fsp3) is 0.762. The first-order valence-electron chi connectivity index (χ1n) is 11.0. The third kappa shape index (κ3) is 8.10. The van der Waals surface area contributed by atoms with Gasteiger partial charge in [-0.3, -0.25) is 19.2 Å². The van der Waals surface area contributed by atoms with Crippen LogP contribution in [-0.4, -0.2) is 75.5 Å². The molecule has 0 aliphatic carbocycles. The summed E-state index contributed by atoms with van der Waals surface area (Å²) in [6, 6.07) is -3.99. The van der Waals surface area contributed by atoms with E-state index in [-0.39, 0.29) is 31.2 Å². The van der Waals surface area contributed by atoms with Crippen LogP contribution >= 0.6 is 0 Å². The molecule has 32 heavy (non-hydrogen) atoms. The van der Waals surface area contributed by atoms with Crippen LogP contribution < -0.4 is 16.4 Å². The summed E-state index contributed by atoms with van der Waals surface area (Å²) in [7, 11) is 0. The normalized spacial score (nSPS) is 18.8. The fourth-order valence-electron chi connectivity index (χ4n) is 3.69. The zero-order chi connectivity index (χ0) is 24.6. The molecule has 0 radical (unpaired) electrons. The standard InChI is InChI=1S/C21H36N4O7/c1-11(2)10-13(22)18(28)23-14(7-8-16(26)27)20(30)25-9-5-6-15(25)19(29)24-17(12(3)4)21(31)32/h11-15,17H,5-10,22H2,1-4H3,(H,23,28)(H,24,29)(H,26,27)(H,31,32). The molecule has 1 aliphatic heterocycles. The van der Waals surface area contributed by atoms with Gasteiger partial charge in [0.1, 0.15) is 18.1 Å². The Balaban J connectivity index is 2.98. The number of aliphatic carboxylic acids is 2. The highest BCUT2D eigenvalue weighted by Gasteiger charge is 2.39. The molecular weight excluding hydrogens is 420 g/mol. The number of rotatable bonds is 12. The van der Waals surface area contributed by atoms with Gasteiger partial charge < -0.3 is 31.5 Å². The van der Waals surface area contributed by atoms with Crippen molar-refractivity contribution in [2.24, 2.45) is 17.6 Å². The minimum Gasteiger partial charge on any atom is -0.481 e. The predicted octanol–water partition coefficient (Wildman–Crippen LogP) is -0.0742. The topological polar surface area (TPSA) is 179 Å². The van der Waals surface area contributed by atoms with Crippen molar-refractivity contribution < 1.29 is 34.2 Å². The van der Waals surface area contributed by atoms with Crippen LogP contribution in [0.25, 0.3) is 0 Å². The summed E-state index contributed by atoms with van der Waals surface area (Å²) in [5.74, 6) is -4.23. The van der Waals surface area contributed by atoms with E-state index in [0.717, 1.165) is 0 Å². The Hall–Kier alpha value is -2.69. The van der Waals surface area contributed by atoms with Crippen LogP contribution in [0.2, 0.25) is 0 Å². The zero-order valence-electron chi connectivity index (χ0n) is 19.2. The van der Waals surface area contributed by atoms with E-state index < -0.39 is 53.8 Å². The van der Waals surface area contributed by atoms with Crippen LogP contribution in [-0.2, 0) is 24.0 Å². The van der Waals surface area contributed by atoms with E-state index in [9.17, 15) is 29.1 Å². The summed E-state index contributed by atoms with van der Waals surface area (Å²) < 4.78 is 0. The van der Waals surface area contributed by atoms with Crippen molar-refractivity contribution in [2.45, 2.75) is 84.0 Å². The number of carboxylic acids is 2. The number of likely N-dealkylation sites (tertiary alicyclic amines) is 1. The van der Waals surface area contributed by atoms with E-state index in [1.807, 2.05) is 13.8 Å². The van der Waals surface area contributed by atoms with Gasteiger partial charge in [-0.2, -0.15) is 0 Å². The number of nitrogens with zero attached hydrogens (tertiary/aromatic N) is 1. The number of amides is 3. The van der Waals surface area contributed by atoms with E-state index in [1.54, 1.807) is 13.8 Å². The monoisotopic (exact) mass is 456 g/mol. The lowest BCUT2D eigenvalue weighted by Gasteiger charge is -2.30. The van der Waals surface area contributed by atoms with Crippen LogP contribution in [0, 0.1) is 11.8 Å². The number of nitrogens with one attached hydrogen (secondary N) is 2. The molecule has 4 atom stereocenters. The summed E-state index contributed by atoms with van der Waals surface area (Å²) >= 11 is 0. The van der Waals surface area contributed by atoms with Gasteiger partial charge in [-0.1, -0.05) is 27.7 Å². The van der Waals surface area contributed by atoms with E-state index in [1.165, 1.54) is 4.90 Å². The van der Waals surface area contributed by atoms with E-state index in [0.29, 0.717) is 19.3 Å². The average molecular weight is 457 g/mol. The van der Waals surface area contributed by atoms with Gasteiger partial charge in [0, 0.05) is 13.0 Å². The Labute approximate surface area is 188 Å². The molecule has 1 heterocycles. The van der Waals surface area contributed by atoms with Gasteiger partial charge in [0.2, 0.25) is 17.7 Å². The molecule has 0 aromatic rings. The quantitative estimate of drug-likeness (QED) is 0.270. The van der Waals surface area contributed by atoms with Gasteiger partial charge in [0.25, 0.3) is 0 Å². The Bertz CT molecular complexity index is 710. The molecule has 1 rings (SSSR count). The molecule has 0 aromatic carbocycles. The largest absolute Gasteiger partial charge is 0.481 e. The minimum atomic E-state index is -1.17. The molecule has 11 heteroatoms. The Kier molecular flexibility index (Phi) is 10.6. The number of carbonyl (C=O) groups excluding carboxylic acids is 3. The second-order valence-corrected chi connectivity index (χ2v) is 8.99. The third-order valence-electron chi connectivity index (χ3n) is 5.39. The van der Waals surface area contributed by atoms with Crippen molar-refractivity contribution in [1.82, 2.24) is 15.5 Å². The van der Waals surface area contributed by atoms with Crippen molar-refractivity contribution >= 4 is 29.7 Å². The average Bonchev–Trinajstić information content (AvgIpc) is 3.17. The molecule has 1 aliphatic rings. The fourth-order valence-corrected chi connectivity index (χ4v) is 3.69. The van der Waals surface area contributed by atoms with E-state index >= 15 is 0 Å². The molecule has 1 fully saturated rings. The third-order valence-corrected chi connectivity index (χ3v) is 5.39. The molecule has 11 nitrogen and oxygen atoms in total. The maximum atomic E-state index is 13.2. The molecule has 0 aromatic heterocycles. The van der Waals surface area contributed by atoms with Gasteiger partial charge >= 0.3 is 11.9 Å². The summed E-state index contributed by atoms with van der Waals surface area (Å²) in [4.78, 5) is 62.2. The highest BCUT2D eigenvalue weighted by molar-refractivity contribution is 5.94. The highest BCUT2D eigenvalue weighted by Crippen LogP contribution is 2.20. The van der Waals surface area contributed by atoms with Crippen molar-refractivity contribution in [3.8, 4) is 0 Å². The highest BCUT2D eigenvalue weighted by atomic mass is 16.4. The molecule has 0 bridgehead atoms. The summed E-state index contributed by atoms with van der Waals surface area (Å²) in [5.41, 5.74) is 5.89. The second kappa shape index (κ2) is 12.4. The van der Waals surface area contributed by atoms with E-state index in [2.05, 4.69) is 10.6 Å². The summed E-state index contributed by atoms with van der Waals surface area (Å²) in [6.45, 7) is 7.36. The Morgan fingerprint density at radius 1 is 1.06 bits per heavy atom. The zero-order valence-corrected chi connectivity index (χ0v) is 19.2. The lowest BCUT2D eigenvalue weighted by molar-refractivity contribution is -0.146. The van der Waals surface area contributed by atoms with Crippen LogP contribution in [0.1, 0.15) is 59.8 Å². The van der Waals surface area contributed by atoms with Crippen molar-refractivity contribution in [1.29, 1.82) is 0 Å². The first-order chi connectivity index (χ1) is 14.8. The predicted molar refractivity (Wildman–Crippen MR) is 115 cm³/mol. The van der Waals surface area contributed by atoms with Crippen molar-refractivity contribution in [3.05, 3.63) is 0 Å². The van der Waals surface area contributed by atoms with Gasteiger partial charge in [-0.25, -0.2) is 4.79 Å². The minimum absolute atomic E-state index is 0.150. The molecular formula is C21H36N4O7. The first kappa shape index (κ1) is 27.3. The molecule has 3 amide bonds. The van der Waals surface area contributed by atoms with Gasteiger partial charge in [0.05, 0.1) is 6.04 Å². The van der Waals surface area contributed by atoms with Gasteiger partial charge in [-0.05, 0) is 37.5 Å². The summed E-state index contributed by atoms with van der Waals surface area (Å²) in [6.07, 6.45) is 0.758. The van der Waals surface area contributed by atoms with Crippen LogP contribution in [0.15, 0.2) is 0 Å². The maximum absolute atomic E-state index is 13.2. The second-order valence-electron chi connectivity index (χ2n) is 8.99. The number of carbonyl (C=O) groups is 5. The lowest BCUT2D eigenvalue weighted by Crippen LogP contribution is -2.57. The molecule has 0 saturated carbocycles. The number of carboxylic acid groups (broad SMARTS) is 2. The maximum Gasteiger partial charge on any atom is 0.326 e. The molecule has 1 saturated heterocycles. The smallest absolute Gasteiger partial charge is 0.326 e. The molecule has 6 N–H and O–H groups in total.